The number of aromatic nitrogens is 1. The Morgan fingerprint density at radius 1 is 1.29 bits per heavy atom. The first kappa shape index (κ1) is 10.7. The summed E-state index contributed by atoms with van der Waals surface area (Å²) in [6.07, 6.45) is 6.49. The van der Waals surface area contributed by atoms with Crippen LogP contribution in [0.3, 0.4) is 0 Å². The minimum absolute atomic E-state index is 0.596. The van der Waals surface area contributed by atoms with Crippen LogP contribution in [0.25, 0.3) is 10.8 Å². The fourth-order valence-electron chi connectivity index (χ4n) is 3.00. The average molecular weight is 227 g/mol. The summed E-state index contributed by atoms with van der Waals surface area (Å²) in [5.74, 6) is 0.596. The number of pyridine rings is 1. The summed E-state index contributed by atoms with van der Waals surface area (Å²) in [6.45, 7) is 2.20. The molecule has 1 aliphatic rings. The van der Waals surface area contributed by atoms with Crippen LogP contribution in [0.5, 0.6) is 0 Å². The topological polar surface area (TPSA) is 33.1 Å². The van der Waals surface area contributed by atoms with Gasteiger partial charge in [-0.2, -0.15) is 0 Å². The summed E-state index contributed by atoms with van der Waals surface area (Å²) in [5, 5.41) is 13.0. The molecule has 2 aromatic rings. The zero-order chi connectivity index (χ0) is 11.9. The zero-order valence-electron chi connectivity index (χ0n) is 10.1. The molecule has 1 aromatic heterocycles. The minimum atomic E-state index is -0.673. The van der Waals surface area contributed by atoms with Crippen LogP contribution in [0.2, 0.25) is 0 Å². The number of nitrogens with zero attached hydrogens (tertiary/aromatic N) is 1. The van der Waals surface area contributed by atoms with Crippen molar-refractivity contribution in [1.29, 1.82) is 0 Å². The molecule has 2 atom stereocenters. The smallest absolute Gasteiger partial charge is 0.0920 e. The summed E-state index contributed by atoms with van der Waals surface area (Å²) in [7, 11) is 0. The maximum absolute atomic E-state index is 10.8. The van der Waals surface area contributed by atoms with Crippen molar-refractivity contribution >= 4 is 10.8 Å². The largest absolute Gasteiger partial charge is 0.385 e. The number of benzene rings is 1. The van der Waals surface area contributed by atoms with E-state index in [1.165, 1.54) is 0 Å². The Morgan fingerprint density at radius 3 is 2.88 bits per heavy atom. The molecule has 2 unspecified atom stereocenters. The van der Waals surface area contributed by atoms with E-state index in [1.807, 2.05) is 30.6 Å². The van der Waals surface area contributed by atoms with Crippen LogP contribution in [0.1, 0.15) is 31.7 Å². The highest BCUT2D eigenvalue weighted by Gasteiger charge is 2.38. The molecule has 0 saturated heterocycles. The van der Waals surface area contributed by atoms with E-state index in [2.05, 4.69) is 18.0 Å². The van der Waals surface area contributed by atoms with Gasteiger partial charge in [-0.25, -0.2) is 0 Å². The van der Waals surface area contributed by atoms with Crippen molar-refractivity contribution in [2.75, 3.05) is 0 Å². The first-order valence-electron chi connectivity index (χ1n) is 6.25. The van der Waals surface area contributed by atoms with E-state index in [4.69, 9.17) is 0 Å². The predicted octanol–water partition coefficient (Wildman–Crippen LogP) is 3.24. The third kappa shape index (κ3) is 1.73. The van der Waals surface area contributed by atoms with Crippen LogP contribution in [-0.2, 0) is 5.60 Å². The number of rotatable bonds is 1. The number of hydrogen-bond donors (Lipinski definition) is 1. The summed E-state index contributed by atoms with van der Waals surface area (Å²) < 4.78 is 0. The molecule has 1 saturated carbocycles. The Hall–Kier alpha value is -1.41. The lowest BCUT2D eigenvalue weighted by molar-refractivity contribution is 0.0420. The maximum atomic E-state index is 10.8. The fourth-order valence-corrected chi connectivity index (χ4v) is 3.00. The summed E-state index contributed by atoms with van der Waals surface area (Å²) in [6, 6.07) is 8.16. The van der Waals surface area contributed by atoms with Gasteiger partial charge < -0.3 is 5.11 Å². The third-order valence-corrected chi connectivity index (χ3v) is 3.91. The van der Waals surface area contributed by atoms with Crippen LogP contribution in [-0.4, -0.2) is 10.1 Å². The molecule has 3 rings (SSSR count). The Labute approximate surface area is 101 Å². The number of hydrogen-bond acceptors (Lipinski definition) is 2. The molecule has 0 spiro atoms. The van der Waals surface area contributed by atoms with E-state index in [0.717, 1.165) is 35.6 Å². The van der Waals surface area contributed by atoms with Gasteiger partial charge in [0.15, 0.2) is 0 Å². The average Bonchev–Trinajstić information content (AvgIpc) is 2.70. The molecular formula is C15H17NO. The molecule has 0 radical (unpaired) electrons. The van der Waals surface area contributed by atoms with Crippen LogP contribution in [0.15, 0.2) is 36.7 Å². The van der Waals surface area contributed by atoms with E-state index in [1.54, 1.807) is 0 Å². The van der Waals surface area contributed by atoms with Crippen LogP contribution in [0, 0.1) is 5.92 Å². The molecule has 1 aromatic carbocycles. The van der Waals surface area contributed by atoms with Crippen molar-refractivity contribution in [2.24, 2.45) is 5.92 Å². The van der Waals surface area contributed by atoms with E-state index in [-0.39, 0.29) is 0 Å². The van der Waals surface area contributed by atoms with Gasteiger partial charge in [0.05, 0.1) is 5.60 Å². The maximum Gasteiger partial charge on any atom is 0.0920 e. The van der Waals surface area contributed by atoms with Gasteiger partial charge in [-0.3, -0.25) is 4.98 Å². The second-order valence-electron chi connectivity index (χ2n) is 5.29. The summed E-state index contributed by atoms with van der Waals surface area (Å²) in [5.41, 5.74) is 0.327. The van der Waals surface area contributed by atoms with Gasteiger partial charge in [0.1, 0.15) is 0 Å². The van der Waals surface area contributed by atoms with Crippen LogP contribution in [0.4, 0.5) is 0 Å². The highest BCUT2D eigenvalue weighted by molar-refractivity contribution is 5.85. The van der Waals surface area contributed by atoms with E-state index in [9.17, 15) is 5.11 Å². The Kier molecular flexibility index (Phi) is 2.40. The van der Waals surface area contributed by atoms with E-state index < -0.39 is 5.60 Å². The van der Waals surface area contributed by atoms with Gasteiger partial charge in [0, 0.05) is 23.3 Å². The van der Waals surface area contributed by atoms with Crippen molar-refractivity contribution in [3.8, 4) is 0 Å². The van der Waals surface area contributed by atoms with Gasteiger partial charge in [-0.15, -0.1) is 0 Å². The first-order chi connectivity index (χ1) is 8.19. The molecule has 17 heavy (non-hydrogen) atoms. The molecule has 0 bridgehead atoms. The van der Waals surface area contributed by atoms with Crippen LogP contribution >= 0.6 is 0 Å². The molecular weight excluding hydrogens is 210 g/mol. The normalized spacial score (nSPS) is 28.7. The Balaban J connectivity index is 2.17. The minimum Gasteiger partial charge on any atom is -0.385 e. The molecule has 0 amide bonds. The van der Waals surface area contributed by atoms with Crippen molar-refractivity contribution in [3.05, 3.63) is 42.2 Å². The standard InChI is InChI=1S/C15H17NO/c1-11-6-7-15(17,8-11)14-10-16-9-12-4-2-3-5-13(12)14/h2-5,9-11,17H,6-8H2,1H3. The summed E-state index contributed by atoms with van der Waals surface area (Å²) >= 11 is 0. The SMILES string of the molecule is CC1CCC(O)(c2cncc3ccccc23)C1. The Bertz CT molecular complexity index is 546. The monoisotopic (exact) mass is 227 g/mol. The van der Waals surface area contributed by atoms with Crippen LogP contribution < -0.4 is 0 Å². The lowest BCUT2D eigenvalue weighted by Gasteiger charge is -2.24. The van der Waals surface area contributed by atoms with Gasteiger partial charge in [-0.05, 0) is 30.6 Å². The molecule has 88 valence electrons. The molecule has 0 aliphatic heterocycles. The van der Waals surface area contributed by atoms with E-state index in [0.29, 0.717) is 5.92 Å². The second kappa shape index (κ2) is 3.81. The third-order valence-electron chi connectivity index (χ3n) is 3.91. The fraction of sp³-hybridized carbons (Fsp3) is 0.400. The van der Waals surface area contributed by atoms with Crippen molar-refractivity contribution < 1.29 is 5.11 Å². The zero-order valence-corrected chi connectivity index (χ0v) is 10.1. The van der Waals surface area contributed by atoms with Gasteiger partial charge in [-0.1, -0.05) is 31.2 Å². The molecule has 2 heteroatoms. The van der Waals surface area contributed by atoms with Crippen molar-refractivity contribution in [3.63, 3.8) is 0 Å². The quantitative estimate of drug-likeness (QED) is 0.811. The molecule has 1 fully saturated rings. The number of aliphatic hydroxyl groups is 1. The van der Waals surface area contributed by atoms with Crippen molar-refractivity contribution in [2.45, 2.75) is 31.8 Å². The second-order valence-corrected chi connectivity index (χ2v) is 5.29. The Morgan fingerprint density at radius 2 is 2.12 bits per heavy atom. The lowest BCUT2D eigenvalue weighted by Crippen LogP contribution is -2.22. The number of fused-ring (bicyclic) bond motifs is 1. The lowest BCUT2D eigenvalue weighted by atomic mass is 9.89. The van der Waals surface area contributed by atoms with Gasteiger partial charge in [0.25, 0.3) is 0 Å². The van der Waals surface area contributed by atoms with E-state index >= 15 is 0 Å². The highest BCUT2D eigenvalue weighted by Crippen LogP contribution is 2.43. The molecule has 1 heterocycles. The van der Waals surface area contributed by atoms with Crippen molar-refractivity contribution in [1.82, 2.24) is 4.98 Å². The van der Waals surface area contributed by atoms with Gasteiger partial charge in [0.2, 0.25) is 0 Å². The molecule has 1 aliphatic carbocycles. The van der Waals surface area contributed by atoms with Gasteiger partial charge >= 0.3 is 0 Å². The highest BCUT2D eigenvalue weighted by atomic mass is 16.3. The summed E-state index contributed by atoms with van der Waals surface area (Å²) in [4.78, 5) is 4.27. The first-order valence-corrected chi connectivity index (χ1v) is 6.25. The molecule has 2 nitrogen and oxygen atoms in total. The predicted molar refractivity (Wildman–Crippen MR) is 68.7 cm³/mol. The molecule has 1 N–H and O–H groups in total.